The Kier molecular flexibility index (Phi) is 6.85. The first-order valence-corrected chi connectivity index (χ1v) is 11.7. The minimum atomic E-state index is -0.475. The Labute approximate surface area is 203 Å². The van der Waals surface area contributed by atoms with Gasteiger partial charge in [0.1, 0.15) is 4.88 Å². The summed E-state index contributed by atoms with van der Waals surface area (Å²) in [6.07, 6.45) is 0. The van der Waals surface area contributed by atoms with Gasteiger partial charge in [-0.2, -0.15) is 0 Å². The number of amides is 2. The molecule has 3 aromatic rings. The largest absolute Gasteiger partial charge is 0.335 e. The predicted molar refractivity (Wildman–Crippen MR) is 131 cm³/mol. The third-order valence-electron chi connectivity index (χ3n) is 5.52. The molecule has 0 saturated carbocycles. The fourth-order valence-corrected chi connectivity index (χ4v) is 5.36. The number of carbonyl (C=O) groups is 2. The van der Waals surface area contributed by atoms with Crippen molar-refractivity contribution >= 4 is 67.8 Å². The van der Waals surface area contributed by atoms with Crippen LogP contribution in [0.1, 0.15) is 15.2 Å². The van der Waals surface area contributed by atoms with Gasteiger partial charge in [0.15, 0.2) is 0 Å². The third kappa shape index (κ3) is 5.11. The van der Waals surface area contributed by atoms with Crippen molar-refractivity contribution in [3.8, 4) is 0 Å². The van der Waals surface area contributed by atoms with Crippen LogP contribution in [0.4, 0.5) is 11.4 Å². The molecular weight excluding hydrogens is 487 g/mol. The highest BCUT2D eigenvalue weighted by atomic mass is 35.5. The Hall–Kier alpha value is -2.72. The average molecular weight is 507 g/mol. The van der Waals surface area contributed by atoms with Gasteiger partial charge in [-0.15, -0.1) is 11.3 Å². The number of non-ortho nitro benzene ring substituents is 1. The van der Waals surface area contributed by atoms with Gasteiger partial charge < -0.3 is 10.2 Å². The Morgan fingerprint density at radius 2 is 1.85 bits per heavy atom. The van der Waals surface area contributed by atoms with Crippen LogP contribution < -0.4 is 5.32 Å². The van der Waals surface area contributed by atoms with E-state index in [9.17, 15) is 19.7 Å². The second-order valence-corrected chi connectivity index (χ2v) is 9.63. The number of anilines is 1. The van der Waals surface area contributed by atoms with Crippen LogP contribution in [-0.2, 0) is 4.79 Å². The number of nitrogens with zero attached hydrogens (tertiary/aromatic N) is 3. The standard InChI is InChI=1S/C22H20Cl2N4O4S/c1-13-2-3-14(23)10-17(13)25-19(29)12-26-6-8-27(9-7-26)22(30)21-20(24)16-5-4-15(28(31)32)11-18(16)33-21/h2-5,10-11H,6-9,12H2,1H3,(H,25,29). The van der Waals surface area contributed by atoms with Gasteiger partial charge in [-0.1, -0.05) is 29.3 Å². The molecule has 11 heteroatoms. The first-order valence-electron chi connectivity index (χ1n) is 10.2. The average Bonchev–Trinajstić information content (AvgIpc) is 3.12. The number of piperazine rings is 1. The SMILES string of the molecule is Cc1ccc(Cl)cc1NC(=O)CN1CCN(C(=O)c2sc3cc([N+](=O)[O-])ccc3c2Cl)CC1. The summed E-state index contributed by atoms with van der Waals surface area (Å²) in [5.41, 5.74) is 1.56. The number of hydrogen-bond acceptors (Lipinski definition) is 6. The van der Waals surface area contributed by atoms with Crippen LogP contribution >= 0.6 is 34.5 Å². The van der Waals surface area contributed by atoms with Crippen molar-refractivity contribution < 1.29 is 14.5 Å². The van der Waals surface area contributed by atoms with Crippen LogP contribution in [0, 0.1) is 17.0 Å². The molecule has 1 fully saturated rings. The van der Waals surface area contributed by atoms with Crippen LogP contribution in [0.2, 0.25) is 10.0 Å². The van der Waals surface area contributed by atoms with E-state index in [1.165, 1.54) is 12.1 Å². The van der Waals surface area contributed by atoms with Crippen LogP contribution in [0.15, 0.2) is 36.4 Å². The number of nitro groups is 1. The van der Waals surface area contributed by atoms with Crippen molar-refractivity contribution in [2.45, 2.75) is 6.92 Å². The molecule has 0 unspecified atom stereocenters. The summed E-state index contributed by atoms with van der Waals surface area (Å²) < 4.78 is 0.601. The van der Waals surface area contributed by atoms with Gasteiger partial charge in [-0.3, -0.25) is 24.6 Å². The maximum absolute atomic E-state index is 13.1. The number of hydrogen-bond donors (Lipinski definition) is 1. The van der Waals surface area contributed by atoms with Gasteiger partial charge in [-0.25, -0.2) is 0 Å². The molecule has 2 aromatic carbocycles. The highest BCUT2D eigenvalue weighted by molar-refractivity contribution is 7.21. The summed E-state index contributed by atoms with van der Waals surface area (Å²) in [6.45, 7) is 4.10. The van der Waals surface area contributed by atoms with E-state index in [1.807, 2.05) is 17.9 Å². The summed E-state index contributed by atoms with van der Waals surface area (Å²) in [7, 11) is 0. The number of carbonyl (C=O) groups excluding carboxylic acids is 2. The van der Waals surface area contributed by atoms with Crippen LogP contribution in [-0.4, -0.2) is 59.3 Å². The zero-order valence-corrected chi connectivity index (χ0v) is 20.0. The van der Waals surface area contributed by atoms with E-state index in [1.54, 1.807) is 23.1 Å². The molecule has 1 aliphatic rings. The summed E-state index contributed by atoms with van der Waals surface area (Å²) in [5, 5.41) is 15.4. The van der Waals surface area contributed by atoms with Crippen molar-refractivity contribution in [2.24, 2.45) is 0 Å². The molecule has 0 aliphatic carbocycles. The number of nitro benzene ring substituents is 1. The van der Waals surface area contributed by atoms with Gasteiger partial charge in [0.05, 0.1) is 16.5 Å². The van der Waals surface area contributed by atoms with Crippen molar-refractivity contribution in [3.05, 3.63) is 67.0 Å². The predicted octanol–water partition coefficient (Wildman–Crippen LogP) is 4.82. The molecule has 1 saturated heterocycles. The van der Waals surface area contributed by atoms with Crippen molar-refractivity contribution in [1.29, 1.82) is 0 Å². The number of nitrogens with one attached hydrogen (secondary N) is 1. The van der Waals surface area contributed by atoms with Crippen LogP contribution in [0.3, 0.4) is 0 Å². The highest BCUT2D eigenvalue weighted by Crippen LogP contribution is 2.38. The Balaban J connectivity index is 1.37. The van der Waals surface area contributed by atoms with Gasteiger partial charge in [0.25, 0.3) is 11.6 Å². The molecule has 0 spiro atoms. The Bertz CT molecular complexity index is 1250. The summed E-state index contributed by atoms with van der Waals surface area (Å²) in [4.78, 5) is 40.1. The molecule has 2 amide bonds. The fraction of sp³-hybridized carbons (Fsp3) is 0.273. The highest BCUT2D eigenvalue weighted by Gasteiger charge is 2.27. The lowest BCUT2D eigenvalue weighted by molar-refractivity contribution is -0.384. The Morgan fingerprint density at radius 1 is 1.12 bits per heavy atom. The van der Waals surface area contributed by atoms with E-state index in [-0.39, 0.29) is 24.0 Å². The molecule has 1 aliphatic heterocycles. The first kappa shape index (κ1) is 23.4. The number of aryl methyl sites for hydroxylation is 1. The fourth-order valence-electron chi connectivity index (χ4n) is 3.68. The molecule has 172 valence electrons. The molecular formula is C22H20Cl2N4O4S. The maximum Gasteiger partial charge on any atom is 0.270 e. The monoisotopic (exact) mass is 506 g/mol. The molecule has 0 atom stereocenters. The summed E-state index contributed by atoms with van der Waals surface area (Å²) in [6, 6.07) is 9.72. The molecule has 0 radical (unpaired) electrons. The van der Waals surface area contributed by atoms with E-state index in [0.717, 1.165) is 16.9 Å². The zero-order valence-electron chi connectivity index (χ0n) is 17.6. The van der Waals surface area contributed by atoms with E-state index in [4.69, 9.17) is 23.2 Å². The summed E-state index contributed by atoms with van der Waals surface area (Å²) in [5.74, 6) is -0.350. The minimum absolute atomic E-state index is 0.0423. The van der Waals surface area contributed by atoms with Crippen molar-refractivity contribution in [3.63, 3.8) is 0 Å². The number of thiophene rings is 1. The Morgan fingerprint density at radius 3 is 2.55 bits per heavy atom. The van der Waals surface area contributed by atoms with Crippen LogP contribution in [0.5, 0.6) is 0 Å². The quantitative estimate of drug-likeness (QED) is 0.395. The van der Waals surface area contributed by atoms with E-state index < -0.39 is 4.92 Å². The van der Waals surface area contributed by atoms with E-state index >= 15 is 0 Å². The number of rotatable bonds is 5. The van der Waals surface area contributed by atoms with Gasteiger partial charge in [0, 0.05) is 59.1 Å². The third-order valence-corrected chi connectivity index (χ3v) is 7.40. The number of fused-ring (bicyclic) bond motifs is 1. The molecule has 33 heavy (non-hydrogen) atoms. The molecule has 1 aromatic heterocycles. The van der Waals surface area contributed by atoms with Gasteiger partial charge in [0.2, 0.25) is 5.91 Å². The first-order chi connectivity index (χ1) is 15.7. The normalized spacial score (nSPS) is 14.5. The molecule has 4 rings (SSSR count). The minimum Gasteiger partial charge on any atom is -0.335 e. The summed E-state index contributed by atoms with van der Waals surface area (Å²) >= 11 is 13.6. The number of halogens is 2. The molecule has 2 heterocycles. The lowest BCUT2D eigenvalue weighted by Crippen LogP contribution is -2.50. The lowest BCUT2D eigenvalue weighted by Gasteiger charge is -2.34. The molecule has 8 nitrogen and oxygen atoms in total. The van der Waals surface area contributed by atoms with E-state index in [0.29, 0.717) is 56.9 Å². The molecule has 0 bridgehead atoms. The number of benzene rings is 2. The second-order valence-electron chi connectivity index (χ2n) is 7.76. The van der Waals surface area contributed by atoms with Gasteiger partial charge >= 0.3 is 0 Å². The second kappa shape index (κ2) is 9.64. The molecule has 1 N–H and O–H groups in total. The van der Waals surface area contributed by atoms with Crippen molar-refractivity contribution in [2.75, 3.05) is 38.0 Å². The van der Waals surface area contributed by atoms with E-state index in [2.05, 4.69) is 5.32 Å². The lowest BCUT2D eigenvalue weighted by atomic mass is 10.2. The smallest absolute Gasteiger partial charge is 0.270 e. The maximum atomic E-state index is 13.1. The topological polar surface area (TPSA) is 95.8 Å². The van der Waals surface area contributed by atoms with Gasteiger partial charge in [-0.05, 0) is 30.7 Å². The van der Waals surface area contributed by atoms with Crippen LogP contribution in [0.25, 0.3) is 10.1 Å². The zero-order chi connectivity index (χ0) is 23.7. The van der Waals surface area contributed by atoms with Crippen molar-refractivity contribution in [1.82, 2.24) is 9.80 Å².